The van der Waals surface area contributed by atoms with Crippen LogP contribution in [0.3, 0.4) is 0 Å². The average molecular weight is 512 g/mol. The number of aromatic nitrogens is 1. The summed E-state index contributed by atoms with van der Waals surface area (Å²) in [6, 6.07) is 9.21. The summed E-state index contributed by atoms with van der Waals surface area (Å²) >= 11 is 0. The molecule has 2 saturated heterocycles. The third-order valence-electron chi connectivity index (χ3n) is 6.60. The molecule has 1 N–H and O–H groups in total. The van der Waals surface area contributed by atoms with Gasteiger partial charge >= 0.3 is 6.18 Å². The zero-order valence-corrected chi connectivity index (χ0v) is 20.5. The van der Waals surface area contributed by atoms with Gasteiger partial charge in [-0.3, -0.25) is 4.79 Å². The summed E-state index contributed by atoms with van der Waals surface area (Å²) in [5.74, 6) is -0.430. The number of carbonyl (C=O) groups is 1. The summed E-state index contributed by atoms with van der Waals surface area (Å²) in [6.45, 7) is 3.10. The first-order valence-corrected chi connectivity index (χ1v) is 13.2. The fourth-order valence-electron chi connectivity index (χ4n) is 4.86. The van der Waals surface area contributed by atoms with Crippen LogP contribution in [0.15, 0.2) is 47.5 Å². The van der Waals surface area contributed by atoms with E-state index in [0.29, 0.717) is 6.20 Å². The Hall–Kier alpha value is -2.82. The van der Waals surface area contributed by atoms with Gasteiger partial charge in [0.2, 0.25) is 5.88 Å². The van der Waals surface area contributed by atoms with Crippen molar-refractivity contribution < 1.29 is 31.1 Å². The second kappa shape index (κ2) is 9.00. The third kappa shape index (κ3) is 5.55. The van der Waals surface area contributed by atoms with Crippen LogP contribution in [0.1, 0.15) is 45.1 Å². The molecule has 0 aliphatic carbocycles. The van der Waals surface area contributed by atoms with Crippen molar-refractivity contribution in [1.82, 2.24) is 10.3 Å². The van der Waals surface area contributed by atoms with Crippen LogP contribution in [0.2, 0.25) is 0 Å². The van der Waals surface area contributed by atoms with Gasteiger partial charge in [0.1, 0.15) is 0 Å². The first kappa shape index (κ1) is 25.3. The lowest BCUT2D eigenvalue weighted by Gasteiger charge is -2.41. The zero-order chi connectivity index (χ0) is 25.6. The Morgan fingerprint density at radius 1 is 1.06 bits per heavy atom. The maximum atomic E-state index is 13.0. The lowest BCUT2D eigenvalue weighted by Crippen LogP contribution is -2.55. The van der Waals surface area contributed by atoms with E-state index in [-0.39, 0.29) is 34.8 Å². The summed E-state index contributed by atoms with van der Waals surface area (Å²) in [7, 11) is -3.26. The van der Waals surface area contributed by atoms with Crippen LogP contribution < -0.4 is 15.0 Å². The number of alkyl halides is 3. The van der Waals surface area contributed by atoms with Crippen molar-refractivity contribution in [3.8, 4) is 5.88 Å². The van der Waals surface area contributed by atoms with E-state index in [1.165, 1.54) is 6.26 Å². The van der Waals surface area contributed by atoms with Crippen molar-refractivity contribution >= 4 is 21.4 Å². The number of anilines is 1. The quantitative estimate of drug-likeness (QED) is 0.631. The number of rotatable bonds is 6. The highest BCUT2D eigenvalue weighted by atomic mass is 32.2. The van der Waals surface area contributed by atoms with Crippen LogP contribution in [0.4, 0.5) is 18.9 Å². The second-order valence-corrected chi connectivity index (χ2v) is 11.7. The Labute approximate surface area is 202 Å². The minimum atomic E-state index is -4.50. The summed E-state index contributed by atoms with van der Waals surface area (Å²) in [4.78, 5) is 19.2. The van der Waals surface area contributed by atoms with E-state index in [1.807, 2.05) is 12.1 Å². The van der Waals surface area contributed by atoms with Gasteiger partial charge in [0.05, 0.1) is 10.5 Å². The van der Waals surface area contributed by atoms with Gasteiger partial charge in [-0.1, -0.05) is 0 Å². The Balaban J connectivity index is 1.38. The number of pyridine rings is 1. The molecule has 2 atom stereocenters. The number of amides is 1. The van der Waals surface area contributed by atoms with Crippen LogP contribution >= 0.6 is 0 Å². The van der Waals surface area contributed by atoms with Crippen molar-refractivity contribution in [3.05, 3.63) is 48.2 Å². The molecular formula is C24H28F3N3O4S. The van der Waals surface area contributed by atoms with Gasteiger partial charge in [0.15, 0.2) is 15.4 Å². The molecule has 2 bridgehead atoms. The number of hydrogen-bond donors (Lipinski definition) is 1. The molecule has 1 aromatic carbocycles. The first-order valence-electron chi connectivity index (χ1n) is 11.4. The minimum Gasteiger partial charge on any atom is -0.462 e. The average Bonchev–Trinajstić information content (AvgIpc) is 3.03. The van der Waals surface area contributed by atoms with Gasteiger partial charge in [-0.15, -0.1) is 0 Å². The third-order valence-corrected chi connectivity index (χ3v) is 7.73. The summed E-state index contributed by atoms with van der Waals surface area (Å²) in [5, 5.41) is 3.04. The Kier molecular flexibility index (Phi) is 6.50. The van der Waals surface area contributed by atoms with Gasteiger partial charge in [-0.2, -0.15) is 13.2 Å². The topological polar surface area (TPSA) is 88.6 Å². The number of nitrogens with zero attached hydrogens (tertiary/aromatic N) is 2. The van der Waals surface area contributed by atoms with Crippen LogP contribution in [0.25, 0.3) is 0 Å². The second-order valence-electron chi connectivity index (χ2n) is 9.70. The molecule has 1 aromatic heterocycles. The number of carbonyl (C=O) groups excluding carboxylic acids is 1. The van der Waals surface area contributed by atoms with Gasteiger partial charge in [-0.25, -0.2) is 13.4 Å². The maximum absolute atomic E-state index is 13.0. The molecule has 0 spiro atoms. The van der Waals surface area contributed by atoms with Crippen LogP contribution in [0.5, 0.6) is 5.88 Å². The molecule has 190 valence electrons. The van der Waals surface area contributed by atoms with E-state index < -0.39 is 27.2 Å². The molecule has 3 heterocycles. The van der Waals surface area contributed by atoms with Crippen molar-refractivity contribution in [2.24, 2.45) is 0 Å². The maximum Gasteiger partial charge on any atom is 0.417 e. The monoisotopic (exact) mass is 511 g/mol. The van der Waals surface area contributed by atoms with Gasteiger partial charge < -0.3 is 15.0 Å². The minimum absolute atomic E-state index is 0.0643. The van der Waals surface area contributed by atoms with E-state index in [4.69, 9.17) is 4.74 Å². The molecular weight excluding hydrogens is 483 g/mol. The molecule has 2 aromatic rings. The van der Waals surface area contributed by atoms with Crippen LogP contribution in [-0.2, 0) is 20.8 Å². The SMILES string of the molecule is CC(C)(Oc1ccc(C(F)(F)F)cn1)C(=O)NC1CC2CCC(C1)N2c1ccc(S(C)(=O)=O)cc1. The Bertz CT molecular complexity index is 1170. The van der Waals surface area contributed by atoms with E-state index in [0.717, 1.165) is 43.5 Å². The summed E-state index contributed by atoms with van der Waals surface area (Å²) < 4.78 is 67.3. The first-order chi connectivity index (χ1) is 16.2. The molecule has 0 saturated carbocycles. The number of nitrogens with one attached hydrogen (secondary N) is 1. The number of sulfone groups is 1. The number of benzene rings is 1. The smallest absolute Gasteiger partial charge is 0.417 e. The molecule has 4 rings (SSSR count). The predicted molar refractivity (Wildman–Crippen MR) is 124 cm³/mol. The predicted octanol–water partition coefficient (Wildman–Crippen LogP) is 3.98. The fraction of sp³-hybridized carbons (Fsp3) is 0.500. The number of halogens is 3. The molecule has 2 unspecified atom stereocenters. The van der Waals surface area contributed by atoms with Crippen molar-refractivity contribution in [1.29, 1.82) is 0 Å². The molecule has 35 heavy (non-hydrogen) atoms. The van der Waals surface area contributed by atoms with Crippen molar-refractivity contribution in [2.45, 2.75) is 74.3 Å². The zero-order valence-electron chi connectivity index (χ0n) is 19.7. The Morgan fingerprint density at radius 3 is 2.14 bits per heavy atom. The van der Waals surface area contributed by atoms with Crippen LogP contribution in [0, 0.1) is 0 Å². The van der Waals surface area contributed by atoms with E-state index in [1.54, 1.807) is 26.0 Å². The highest BCUT2D eigenvalue weighted by Gasteiger charge is 2.43. The number of piperidine rings is 1. The van der Waals surface area contributed by atoms with E-state index in [9.17, 15) is 26.4 Å². The molecule has 11 heteroatoms. The van der Waals surface area contributed by atoms with Crippen molar-refractivity contribution in [3.63, 3.8) is 0 Å². The molecule has 7 nitrogen and oxygen atoms in total. The molecule has 2 aliphatic rings. The van der Waals surface area contributed by atoms with E-state index >= 15 is 0 Å². The Morgan fingerprint density at radius 2 is 1.66 bits per heavy atom. The van der Waals surface area contributed by atoms with Crippen LogP contribution in [-0.4, -0.2) is 49.3 Å². The number of fused-ring (bicyclic) bond motifs is 2. The normalized spacial score (nSPS) is 22.7. The summed E-state index contributed by atoms with van der Waals surface area (Å²) in [5.41, 5.74) is -1.25. The van der Waals surface area contributed by atoms with Gasteiger partial charge in [0, 0.05) is 42.3 Å². The number of ether oxygens (including phenoxy) is 1. The molecule has 0 radical (unpaired) electrons. The van der Waals surface area contributed by atoms with Gasteiger partial charge in [-0.05, 0) is 69.9 Å². The van der Waals surface area contributed by atoms with Crippen molar-refractivity contribution in [2.75, 3.05) is 11.2 Å². The van der Waals surface area contributed by atoms with Gasteiger partial charge in [0.25, 0.3) is 5.91 Å². The molecule has 1 amide bonds. The lowest BCUT2D eigenvalue weighted by molar-refractivity contribution is -0.138. The lowest BCUT2D eigenvalue weighted by atomic mass is 9.95. The fourth-order valence-corrected chi connectivity index (χ4v) is 5.49. The largest absolute Gasteiger partial charge is 0.462 e. The highest BCUT2D eigenvalue weighted by molar-refractivity contribution is 7.90. The van der Waals surface area contributed by atoms with E-state index in [2.05, 4.69) is 15.2 Å². The highest BCUT2D eigenvalue weighted by Crippen LogP contribution is 2.40. The molecule has 2 fully saturated rings. The number of hydrogen-bond acceptors (Lipinski definition) is 6. The summed E-state index contributed by atoms with van der Waals surface area (Å²) in [6.07, 6.45) is 0.760. The standard InChI is InChI=1S/C24H28F3N3O4S/c1-23(2,34-21-11-4-15(14-28-21)24(25,26)27)22(31)29-16-12-18-5-6-19(13-16)30(18)17-7-9-20(10-8-17)35(3,32)33/h4,7-11,14,16,18-19H,5-6,12-13H2,1-3H3,(H,29,31). The molecule has 2 aliphatic heterocycles.